The van der Waals surface area contributed by atoms with Crippen LogP contribution in [-0.4, -0.2) is 30.2 Å². The molecule has 0 bridgehead atoms. The molecule has 0 aliphatic rings. The lowest BCUT2D eigenvalue weighted by molar-refractivity contribution is 0.104. The minimum atomic E-state index is -0.261. The first-order valence-electron chi connectivity index (χ1n) is 6.51. The molecule has 22 heavy (non-hydrogen) atoms. The van der Waals surface area contributed by atoms with Crippen molar-refractivity contribution in [1.29, 1.82) is 0 Å². The van der Waals surface area contributed by atoms with E-state index in [2.05, 4.69) is 0 Å². The summed E-state index contributed by atoms with van der Waals surface area (Å²) in [6.45, 7) is 0. The van der Waals surface area contributed by atoms with Crippen molar-refractivity contribution in [2.24, 2.45) is 0 Å². The molecule has 114 valence electrons. The predicted molar refractivity (Wildman–Crippen MR) is 82.7 cm³/mol. The van der Waals surface area contributed by atoms with Crippen molar-refractivity contribution in [2.75, 3.05) is 14.2 Å². The molecule has 0 aromatic heterocycles. The van der Waals surface area contributed by atoms with Crippen molar-refractivity contribution in [3.05, 3.63) is 53.6 Å². The molecule has 0 unspecified atom stereocenters. The van der Waals surface area contributed by atoms with Crippen molar-refractivity contribution in [3.63, 3.8) is 0 Å². The third-order valence-corrected chi connectivity index (χ3v) is 3.10. The average molecular weight is 300 g/mol. The molecule has 0 saturated carbocycles. The number of hydrogen-bond acceptors (Lipinski definition) is 5. The number of benzene rings is 2. The van der Waals surface area contributed by atoms with Crippen LogP contribution in [0.4, 0.5) is 0 Å². The summed E-state index contributed by atoms with van der Waals surface area (Å²) >= 11 is 0. The third kappa shape index (κ3) is 3.38. The highest BCUT2D eigenvalue weighted by molar-refractivity contribution is 6.08. The van der Waals surface area contributed by atoms with E-state index in [4.69, 9.17) is 9.47 Å². The molecule has 0 atom stereocenters. The number of phenols is 2. The second kappa shape index (κ2) is 6.67. The largest absolute Gasteiger partial charge is 0.504 e. The maximum absolute atomic E-state index is 12.3. The van der Waals surface area contributed by atoms with Gasteiger partial charge in [-0.15, -0.1) is 0 Å². The van der Waals surface area contributed by atoms with E-state index >= 15 is 0 Å². The summed E-state index contributed by atoms with van der Waals surface area (Å²) in [4.78, 5) is 12.3. The first kappa shape index (κ1) is 15.4. The smallest absolute Gasteiger partial charge is 0.189 e. The van der Waals surface area contributed by atoms with Gasteiger partial charge >= 0.3 is 0 Å². The number of hydrogen-bond donors (Lipinski definition) is 2. The molecule has 0 saturated heterocycles. The second-order valence-corrected chi connectivity index (χ2v) is 4.51. The molecule has 2 aromatic rings. The van der Waals surface area contributed by atoms with Gasteiger partial charge in [0.15, 0.2) is 17.3 Å². The molecule has 5 heteroatoms. The van der Waals surface area contributed by atoms with Crippen LogP contribution in [0.5, 0.6) is 23.0 Å². The van der Waals surface area contributed by atoms with Gasteiger partial charge in [0, 0.05) is 0 Å². The van der Waals surface area contributed by atoms with Gasteiger partial charge in [-0.2, -0.15) is 0 Å². The molecule has 2 rings (SSSR count). The number of allylic oxidation sites excluding steroid dienone is 1. The normalized spacial score (nSPS) is 10.6. The van der Waals surface area contributed by atoms with Crippen LogP contribution < -0.4 is 9.47 Å². The van der Waals surface area contributed by atoms with E-state index in [-0.39, 0.29) is 17.3 Å². The number of ether oxygens (including phenoxy) is 2. The lowest BCUT2D eigenvalue weighted by Gasteiger charge is -2.07. The number of aromatic hydroxyl groups is 2. The number of carbonyl (C=O) groups is 1. The Balaban J connectivity index is 2.28. The van der Waals surface area contributed by atoms with Crippen molar-refractivity contribution >= 4 is 11.9 Å². The van der Waals surface area contributed by atoms with Gasteiger partial charge in [-0.25, -0.2) is 0 Å². The Hall–Kier alpha value is -2.95. The molecule has 0 spiro atoms. The van der Waals surface area contributed by atoms with Crippen molar-refractivity contribution in [3.8, 4) is 23.0 Å². The fraction of sp³-hybridized carbons (Fsp3) is 0.118. The highest BCUT2D eigenvalue weighted by Crippen LogP contribution is 2.27. The predicted octanol–water partition coefficient (Wildman–Crippen LogP) is 3.01. The molecule has 0 heterocycles. The number of ketones is 1. The van der Waals surface area contributed by atoms with Gasteiger partial charge in [-0.1, -0.05) is 12.1 Å². The van der Waals surface area contributed by atoms with Gasteiger partial charge in [0.25, 0.3) is 0 Å². The number of rotatable bonds is 5. The van der Waals surface area contributed by atoms with E-state index in [9.17, 15) is 15.0 Å². The molecule has 0 aliphatic carbocycles. The van der Waals surface area contributed by atoms with Crippen LogP contribution in [-0.2, 0) is 0 Å². The van der Waals surface area contributed by atoms with E-state index in [0.29, 0.717) is 22.6 Å². The van der Waals surface area contributed by atoms with Crippen molar-refractivity contribution in [2.45, 2.75) is 0 Å². The lowest BCUT2D eigenvalue weighted by atomic mass is 10.1. The van der Waals surface area contributed by atoms with E-state index < -0.39 is 0 Å². The van der Waals surface area contributed by atoms with Gasteiger partial charge < -0.3 is 19.7 Å². The number of carbonyl (C=O) groups excluding carboxylic acids is 1. The summed E-state index contributed by atoms with van der Waals surface area (Å²) in [6, 6.07) is 9.26. The summed E-state index contributed by atoms with van der Waals surface area (Å²) in [6.07, 6.45) is 2.91. The van der Waals surface area contributed by atoms with Crippen LogP contribution in [0.25, 0.3) is 6.08 Å². The molecule has 5 nitrogen and oxygen atoms in total. The van der Waals surface area contributed by atoms with E-state index in [1.165, 1.54) is 32.4 Å². The van der Waals surface area contributed by atoms with Crippen LogP contribution in [0.15, 0.2) is 42.5 Å². The fourth-order valence-electron chi connectivity index (χ4n) is 1.91. The minimum absolute atomic E-state index is 0.210. The van der Waals surface area contributed by atoms with Gasteiger partial charge in [0.2, 0.25) is 0 Å². The Morgan fingerprint density at radius 2 is 1.77 bits per heavy atom. The summed E-state index contributed by atoms with van der Waals surface area (Å²) < 4.78 is 10.3. The Labute approximate surface area is 128 Å². The molecule has 0 fully saturated rings. The number of phenolic OH excluding ortho intramolecular Hbond substituents is 2. The van der Waals surface area contributed by atoms with Crippen LogP contribution in [0.3, 0.4) is 0 Å². The topological polar surface area (TPSA) is 76.0 Å². The zero-order valence-electron chi connectivity index (χ0n) is 12.2. The van der Waals surface area contributed by atoms with Crippen LogP contribution in [0.1, 0.15) is 15.9 Å². The summed E-state index contributed by atoms with van der Waals surface area (Å²) in [5.41, 5.74) is 0.964. The zero-order valence-corrected chi connectivity index (χ0v) is 12.2. The van der Waals surface area contributed by atoms with E-state index in [1.807, 2.05) is 0 Å². The maximum atomic E-state index is 12.3. The Kier molecular flexibility index (Phi) is 4.68. The standard InChI is InChI=1S/C17H16O5/c1-21-12-5-8-17(22-2)13(10-12)14(18)6-3-11-4-7-15(19)16(20)9-11/h3-10,19-20H,1-2H3. The summed E-state index contributed by atoms with van der Waals surface area (Å²) in [7, 11) is 3.01. The molecule has 0 radical (unpaired) electrons. The monoisotopic (exact) mass is 300 g/mol. The SMILES string of the molecule is COc1ccc(OC)c(C(=O)C=Cc2ccc(O)c(O)c2)c1. The summed E-state index contributed by atoms with van der Waals surface area (Å²) in [5, 5.41) is 18.7. The second-order valence-electron chi connectivity index (χ2n) is 4.51. The molecular weight excluding hydrogens is 284 g/mol. The van der Waals surface area contributed by atoms with Crippen LogP contribution in [0.2, 0.25) is 0 Å². The van der Waals surface area contributed by atoms with Crippen molar-refractivity contribution in [1.82, 2.24) is 0 Å². The van der Waals surface area contributed by atoms with Gasteiger partial charge in [0.1, 0.15) is 11.5 Å². The zero-order chi connectivity index (χ0) is 16.1. The van der Waals surface area contributed by atoms with E-state index in [0.717, 1.165) is 0 Å². The molecule has 2 N–H and O–H groups in total. The number of methoxy groups -OCH3 is 2. The maximum Gasteiger partial charge on any atom is 0.189 e. The summed E-state index contributed by atoms with van der Waals surface area (Å²) in [5.74, 6) is 0.290. The van der Waals surface area contributed by atoms with Crippen LogP contribution >= 0.6 is 0 Å². The molecular formula is C17H16O5. The van der Waals surface area contributed by atoms with E-state index in [1.54, 1.807) is 30.3 Å². The van der Waals surface area contributed by atoms with Crippen LogP contribution in [0, 0.1) is 0 Å². The highest BCUT2D eigenvalue weighted by Gasteiger charge is 2.11. The molecule has 0 aliphatic heterocycles. The third-order valence-electron chi connectivity index (χ3n) is 3.10. The van der Waals surface area contributed by atoms with Gasteiger partial charge in [-0.05, 0) is 42.0 Å². The Morgan fingerprint density at radius 3 is 2.41 bits per heavy atom. The molecule has 0 amide bonds. The minimum Gasteiger partial charge on any atom is -0.504 e. The van der Waals surface area contributed by atoms with Gasteiger partial charge in [-0.3, -0.25) is 4.79 Å². The highest BCUT2D eigenvalue weighted by atomic mass is 16.5. The quantitative estimate of drug-likeness (QED) is 0.504. The van der Waals surface area contributed by atoms with Gasteiger partial charge in [0.05, 0.1) is 19.8 Å². The first-order valence-corrected chi connectivity index (χ1v) is 6.51. The average Bonchev–Trinajstić information content (AvgIpc) is 2.55. The fourth-order valence-corrected chi connectivity index (χ4v) is 1.91. The van der Waals surface area contributed by atoms with Crippen molar-refractivity contribution < 1.29 is 24.5 Å². The lowest BCUT2D eigenvalue weighted by Crippen LogP contribution is -1.99. The Morgan fingerprint density at radius 1 is 1.00 bits per heavy atom. The molecule has 2 aromatic carbocycles. The Bertz CT molecular complexity index is 719. The first-order chi connectivity index (χ1) is 10.5.